The van der Waals surface area contributed by atoms with E-state index in [1.807, 2.05) is 18.2 Å². The number of nitrogens with one attached hydrogen (secondary N) is 1. The van der Waals surface area contributed by atoms with Gasteiger partial charge in [0.05, 0.1) is 19.1 Å². The molecule has 6 heteroatoms. The molecule has 1 unspecified atom stereocenters. The molecule has 0 saturated carbocycles. The molecule has 1 aromatic rings. The van der Waals surface area contributed by atoms with Gasteiger partial charge in [-0.15, -0.1) is 0 Å². The summed E-state index contributed by atoms with van der Waals surface area (Å²) in [6.07, 6.45) is 0. The van der Waals surface area contributed by atoms with Gasteiger partial charge < -0.3 is 20.5 Å². The summed E-state index contributed by atoms with van der Waals surface area (Å²) in [4.78, 5) is 11.0. The predicted molar refractivity (Wildman–Crippen MR) is 81.6 cm³/mol. The number of amides is 1. The Balaban J connectivity index is 2.62. The molecule has 0 bridgehead atoms. The van der Waals surface area contributed by atoms with E-state index >= 15 is 0 Å². The number of carbonyl (C=O) groups excluding carboxylic acids is 1. The van der Waals surface area contributed by atoms with Gasteiger partial charge >= 0.3 is 0 Å². The van der Waals surface area contributed by atoms with E-state index in [1.54, 1.807) is 14.0 Å². The zero-order valence-corrected chi connectivity index (χ0v) is 13.4. The van der Waals surface area contributed by atoms with E-state index in [0.717, 1.165) is 22.3 Å². The van der Waals surface area contributed by atoms with E-state index in [1.165, 1.54) is 0 Å². The summed E-state index contributed by atoms with van der Waals surface area (Å²) in [5.41, 5.74) is 6.24. The van der Waals surface area contributed by atoms with E-state index in [4.69, 9.17) is 15.2 Å². The van der Waals surface area contributed by atoms with Gasteiger partial charge in [0, 0.05) is 30.2 Å². The first-order chi connectivity index (χ1) is 9.54. The number of ether oxygens (including phenoxy) is 2. The quantitative estimate of drug-likeness (QED) is 0.668. The Morgan fingerprint density at radius 3 is 2.90 bits per heavy atom. The number of halogens is 1. The second-order valence-corrected chi connectivity index (χ2v) is 5.45. The smallest absolute Gasteiger partial charge is 0.223 e. The van der Waals surface area contributed by atoms with Gasteiger partial charge in [-0.2, -0.15) is 0 Å². The van der Waals surface area contributed by atoms with E-state index in [2.05, 4.69) is 21.2 Å². The van der Waals surface area contributed by atoms with E-state index in [-0.39, 0.29) is 18.4 Å². The Morgan fingerprint density at radius 2 is 2.25 bits per heavy atom. The fraction of sp³-hybridized carbons (Fsp3) is 0.500. The molecule has 0 fully saturated rings. The third-order valence-electron chi connectivity index (χ3n) is 2.80. The molecule has 0 saturated heterocycles. The van der Waals surface area contributed by atoms with Gasteiger partial charge in [0.1, 0.15) is 5.75 Å². The highest BCUT2D eigenvalue weighted by Crippen LogP contribution is 2.23. The van der Waals surface area contributed by atoms with Crippen molar-refractivity contribution in [1.82, 2.24) is 5.32 Å². The molecule has 0 aliphatic heterocycles. The monoisotopic (exact) mass is 344 g/mol. The summed E-state index contributed by atoms with van der Waals surface area (Å²) >= 11 is 3.44. The van der Waals surface area contributed by atoms with Crippen LogP contribution < -0.4 is 15.8 Å². The van der Waals surface area contributed by atoms with Gasteiger partial charge in [-0.25, -0.2) is 0 Å². The van der Waals surface area contributed by atoms with Crippen molar-refractivity contribution in [2.75, 3.05) is 26.9 Å². The summed E-state index contributed by atoms with van der Waals surface area (Å²) in [7, 11) is 1.67. The molecule has 1 amide bonds. The SMILES string of the molecule is COCCNCc1cc(Br)ccc1OCC(C)C(N)=O. The average molecular weight is 345 g/mol. The van der Waals surface area contributed by atoms with Crippen molar-refractivity contribution in [2.24, 2.45) is 11.7 Å². The van der Waals surface area contributed by atoms with E-state index in [0.29, 0.717) is 13.2 Å². The van der Waals surface area contributed by atoms with Crippen molar-refractivity contribution in [3.8, 4) is 5.75 Å². The predicted octanol–water partition coefficient (Wildman–Crippen LogP) is 1.69. The first-order valence-corrected chi connectivity index (χ1v) is 7.24. The third-order valence-corrected chi connectivity index (χ3v) is 3.29. The lowest BCUT2D eigenvalue weighted by Crippen LogP contribution is -2.26. The second-order valence-electron chi connectivity index (χ2n) is 4.54. The zero-order chi connectivity index (χ0) is 15.0. The Labute approximate surface area is 127 Å². The Hall–Kier alpha value is -1.11. The highest BCUT2D eigenvalue weighted by molar-refractivity contribution is 9.10. The van der Waals surface area contributed by atoms with Crippen molar-refractivity contribution >= 4 is 21.8 Å². The molecule has 0 aliphatic rings. The fourth-order valence-electron chi connectivity index (χ4n) is 1.52. The maximum atomic E-state index is 11.0. The number of carbonyl (C=O) groups is 1. The zero-order valence-electron chi connectivity index (χ0n) is 11.8. The number of rotatable bonds is 9. The highest BCUT2D eigenvalue weighted by Gasteiger charge is 2.11. The van der Waals surface area contributed by atoms with Crippen molar-refractivity contribution in [2.45, 2.75) is 13.5 Å². The molecular weight excluding hydrogens is 324 g/mol. The van der Waals surface area contributed by atoms with Crippen molar-refractivity contribution in [3.63, 3.8) is 0 Å². The average Bonchev–Trinajstić information content (AvgIpc) is 2.42. The van der Waals surface area contributed by atoms with Crippen LogP contribution in [0.25, 0.3) is 0 Å². The van der Waals surface area contributed by atoms with Gasteiger partial charge in [-0.3, -0.25) is 4.79 Å². The molecule has 0 radical (unpaired) electrons. The fourth-order valence-corrected chi connectivity index (χ4v) is 1.93. The van der Waals surface area contributed by atoms with Gasteiger partial charge in [0.15, 0.2) is 0 Å². The summed E-state index contributed by atoms with van der Waals surface area (Å²) in [5, 5.41) is 3.26. The van der Waals surface area contributed by atoms with Crippen LogP contribution in [-0.4, -0.2) is 32.8 Å². The molecule has 1 rings (SSSR count). The number of primary amides is 1. The number of methoxy groups -OCH3 is 1. The first kappa shape index (κ1) is 16.9. The van der Waals surface area contributed by atoms with Crippen molar-refractivity contribution in [1.29, 1.82) is 0 Å². The molecule has 0 heterocycles. The molecule has 20 heavy (non-hydrogen) atoms. The summed E-state index contributed by atoms with van der Waals surface area (Å²) in [6.45, 7) is 4.12. The summed E-state index contributed by atoms with van der Waals surface area (Å²) in [5.74, 6) is 0.0843. The summed E-state index contributed by atoms with van der Waals surface area (Å²) in [6, 6.07) is 5.78. The van der Waals surface area contributed by atoms with Crippen LogP contribution >= 0.6 is 15.9 Å². The third kappa shape index (κ3) is 5.90. The van der Waals surface area contributed by atoms with Crippen LogP contribution in [0.5, 0.6) is 5.75 Å². The van der Waals surface area contributed by atoms with Crippen LogP contribution in [0.1, 0.15) is 12.5 Å². The molecule has 1 atom stereocenters. The molecule has 0 spiro atoms. The lowest BCUT2D eigenvalue weighted by atomic mass is 10.1. The minimum Gasteiger partial charge on any atom is -0.492 e. The number of nitrogens with two attached hydrogens (primary N) is 1. The number of hydrogen-bond donors (Lipinski definition) is 2. The van der Waals surface area contributed by atoms with Crippen molar-refractivity contribution in [3.05, 3.63) is 28.2 Å². The van der Waals surface area contributed by atoms with Crippen LogP contribution in [0, 0.1) is 5.92 Å². The maximum absolute atomic E-state index is 11.0. The van der Waals surface area contributed by atoms with Gasteiger partial charge in [-0.1, -0.05) is 22.9 Å². The molecule has 0 aromatic heterocycles. The number of hydrogen-bond acceptors (Lipinski definition) is 4. The van der Waals surface area contributed by atoms with Gasteiger partial charge in [0.25, 0.3) is 0 Å². The minimum atomic E-state index is -0.359. The van der Waals surface area contributed by atoms with E-state index < -0.39 is 0 Å². The highest BCUT2D eigenvalue weighted by atomic mass is 79.9. The molecular formula is C14H21BrN2O3. The Kier molecular flexibility index (Phi) is 7.58. The standard InChI is InChI=1S/C14H21BrN2O3/c1-10(14(16)18)9-20-13-4-3-12(15)7-11(13)8-17-5-6-19-2/h3-4,7,10,17H,5-6,8-9H2,1-2H3,(H2,16,18). The second kappa shape index (κ2) is 8.94. The Bertz CT molecular complexity index is 440. The molecule has 112 valence electrons. The molecule has 0 aliphatic carbocycles. The Morgan fingerprint density at radius 1 is 1.50 bits per heavy atom. The van der Waals surface area contributed by atoms with Crippen LogP contribution in [0.4, 0.5) is 0 Å². The van der Waals surface area contributed by atoms with Gasteiger partial charge in [-0.05, 0) is 18.2 Å². The molecule has 3 N–H and O–H groups in total. The minimum absolute atomic E-state index is 0.280. The summed E-state index contributed by atoms with van der Waals surface area (Å²) < 4.78 is 11.6. The maximum Gasteiger partial charge on any atom is 0.223 e. The van der Waals surface area contributed by atoms with E-state index in [9.17, 15) is 4.79 Å². The van der Waals surface area contributed by atoms with Crippen molar-refractivity contribution < 1.29 is 14.3 Å². The normalized spacial score (nSPS) is 12.2. The lowest BCUT2D eigenvalue weighted by molar-refractivity contribution is -0.122. The first-order valence-electron chi connectivity index (χ1n) is 6.44. The van der Waals surface area contributed by atoms with Gasteiger partial charge in [0.2, 0.25) is 5.91 Å². The van der Waals surface area contributed by atoms with Crippen LogP contribution in [-0.2, 0) is 16.1 Å². The lowest BCUT2D eigenvalue weighted by Gasteiger charge is -2.14. The van der Waals surface area contributed by atoms with Crippen LogP contribution in [0.15, 0.2) is 22.7 Å². The molecule has 5 nitrogen and oxygen atoms in total. The largest absolute Gasteiger partial charge is 0.492 e. The van der Waals surface area contributed by atoms with Crippen LogP contribution in [0.3, 0.4) is 0 Å². The topological polar surface area (TPSA) is 73.6 Å². The number of benzene rings is 1. The van der Waals surface area contributed by atoms with Crippen LogP contribution in [0.2, 0.25) is 0 Å². The molecule has 1 aromatic carbocycles.